The van der Waals surface area contributed by atoms with Gasteiger partial charge in [0.25, 0.3) is 0 Å². The van der Waals surface area contributed by atoms with E-state index < -0.39 is 0 Å². The summed E-state index contributed by atoms with van der Waals surface area (Å²) in [6.07, 6.45) is 11.8. The van der Waals surface area contributed by atoms with Crippen LogP contribution in [0.15, 0.2) is 59.6 Å². The van der Waals surface area contributed by atoms with Crippen LogP contribution in [0.2, 0.25) is 0 Å². The molecule has 39 heavy (non-hydrogen) atoms. The number of aromatic amines is 2. The molecule has 5 aromatic rings. The minimum Gasteiger partial charge on any atom is -0.490 e. The maximum absolute atomic E-state index is 6.15. The highest BCUT2D eigenvalue weighted by atomic mass is 16.5. The Morgan fingerprint density at radius 1 is 1.00 bits per heavy atom. The lowest BCUT2D eigenvalue weighted by atomic mass is 9.96. The largest absolute Gasteiger partial charge is 0.490 e. The molecule has 2 aromatic carbocycles. The number of nitrogens with zero attached hydrogens (tertiary/aromatic N) is 3. The first-order valence-electron chi connectivity index (χ1n) is 14.0. The Balaban J connectivity index is 0.822. The summed E-state index contributed by atoms with van der Waals surface area (Å²) >= 11 is 0. The molecule has 4 heterocycles. The molecule has 2 fully saturated rings. The molecule has 0 atom stereocenters. The van der Waals surface area contributed by atoms with Crippen LogP contribution >= 0.6 is 0 Å². The Kier molecular flexibility index (Phi) is 6.68. The highest BCUT2D eigenvalue weighted by Gasteiger charge is 2.29. The van der Waals surface area contributed by atoms with Crippen LogP contribution in [0.4, 0.5) is 5.69 Å². The van der Waals surface area contributed by atoms with Crippen LogP contribution in [0.1, 0.15) is 37.8 Å². The lowest BCUT2D eigenvalue weighted by Crippen LogP contribution is -2.52. The van der Waals surface area contributed by atoms with Crippen LogP contribution < -0.4 is 15.0 Å². The first-order valence-corrected chi connectivity index (χ1v) is 14.0. The van der Waals surface area contributed by atoms with Gasteiger partial charge in [0, 0.05) is 59.5 Å². The van der Waals surface area contributed by atoms with Crippen molar-refractivity contribution in [1.82, 2.24) is 25.7 Å². The molecule has 7 rings (SSSR count). The summed E-state index contributed by atoms with van der Waals surface area (Å²) in [5, 5.41) is 17.1. The Morgan fingerprint density at radius 3 is 2.79 bits per heavy atom. The Morgan fingerprint density at radius 2 is 1.95 bits per heavy atom. The van der Waals surface area contributed by atoms with Gasteiger partial charge in [0.15, 0.2) is 0 Å². The van der Waals surface area contributed by atoms with Gasteiger partial charge < -0.3 is 29.2 Å². The predicted molar refractivity (Wildman–Crippen MR) is 151 cm³/mol. The standard InChI is InChI=1S/C30H34N6O3/c1(8-31-15-23-10-21-11-25(6-7-28(21)34-23)39-24-4-3-5-24)2-9-37-26-17-36(18-26)30-13-20(22-14-33-38-19-22)12-29-27(30)16-32-35-29/h6-7,10-14,16,19,24,26,31,34H,1-5,8-9,15,17-18H2,(H,32,35). The van der Waals surface area contributed by atoms with Crippen molar-refractivity contribution in [2.75, 3.05) is 31.1 Å². The molecule has 0 radical (unpaired) electrons. The Bertz CT molecular complexity index is 1530. The fourth-order valence-corrected chi connectivity index (χ4v) is 5.39. The quantitative estimate of drug-likeness (QED) is 0.187. The fourth-order valence-electron chi connectivity index (χ4n) is 5.39. The van der Waals surface area contributed by atoms with E-state index in [1.54, 1.807) is 12.5 Å². The zero-order valence-corrected chi connectivity index (χ0v) is 22.0. The lowest BCUT2D eigenvalue weighted by molar-refractivity contribution is 0.0324. The van der Waals surface area contributed by atoms with Gasteiger partial charge in [0.1, 0.15) is 12.0 Å². The lowest BCUT2D eigenvalue weighted by Gasteiger charge is -2.41. The summed E-state index contributed by atoms with van der Waals surface area (Å²) in [7, 11) is 0. The number of rotatable bonds is 12. The average Bonchev–Trinajstić information content (AvgIpc) is 3.66. The van der Waals surface area contributed by atoms with E-state index in [-0.39, 0.29) is 6.10 Å². The molecule has 0 bridgehead atoms. The Hall–Kier alpha value is -3.82. The zero-order chi connectivity index (χ0) is 26.0. The van der Waals surface area contributed by atoms with E-state index in [9.17, 15) is 0 Å². The fraction of sp³-hybridized carbons (Fsp3) is 0.400. The van der Waals surface area contributed by atoms with E-state index in [4.69, 9.17) is 14.0 Å². The van der Waals surface area contributed by atoms with Crippen molar-refractivity contribution >= 4 is 27.5 Å². The number of fused-ring (bicyclic) bond motifs is 2. The molecule has 2 aliphatic rings. The van der Waals surface area contributed by atoms with Crippen molar-refractivity contribution < 1.29 is 14.0 Å². The second-order valence-electron chi connectivity index (χ2n) is 10.7. The molecule has 9 heteroatoms. The van der Waals surface area contributed by atoms with Crippen molar-refractivity contribution in [1.29, 1.82) is 0 Å². The smallest absolute Gasteiger partial charge is 0.131 e. The second-order valence-corrected chi connectivity index (χ2v) is 10.7. The van der Waals surface area contributed by atoms with E-state index in [1.165, 1.54) is 36.0 Å². The van der Waals surface area contributed by atoms with E-state index in [1.807, 2.05) is 6.20 Å². The number of nitrogens with one attached hydrogen (secondary N) is 3. The molecule has 1 aliphatic heterocycles. The van der Waals surface area contributed by atoms with Crippen LogP contribution in [0.3, 0.4) is 0 Å². The van der Waals surface area contributed by atoms with Crippen molar-refractivity contribution in [2.24, 2.45) is 0 Å². The van der Waals surface area contributed by atoms with Gasteiger partial charge >= 0.3 is 0 Å². The molecule has 0 spiro atoms. The number of ether oxygens (including phenoxy) is 2. The average molecular weight is 527 g/mol. The van der Waals surface area contributed by atoms with Gasteiger partial charge in [-0.2, -0.15) is 5.10 Å². The van der Waals surface area contributed by atoms with Gasteiger partial charge in [-0.15, -0.1) is 0 Å². The van der Waals surface area contributed by atoms with Gasteiger partial charge in [0.05, 0.1) is 30.1 Å². The predicted octanol–water partition coefficient (Wildman–Crippen LogP) is 5.41. The molecule has 202 valence electrons. The third kappa shape index (κ3) is 5.24. The minimum atomic E-state index is 0.267. The van der Waals surface area contributed by atoms with E-state index in [2.05, 4.69) is 67.0 Å². The van der Waals surface area contributed by atoms with Crippen molar-refractivity contribution in [3.8, 4) is 16.9 Å². The number of aromatic nitrogens is 4. The summed E-state index contributed by atoms with van der Waals surface area (Å²) in [4.78, 5) is 5.86. The molecule has 1 aliphatic carbocycles. The van der Waals surface area contributed by atoms with Crippen molar-refractivity contribution in [3.63, 3.8) is 0 Å². The highest BCUT2D eigenvalue weighted by molar-refractivity contribution is 5.96. The van der Waals surface area contributed by atoms with Crippen LogP contribution in [-0.2, 0) is 11.3 Å². The van der Waals surface area contributed by atoms with Gasteiger partial charge in [-0.1, -0.05) is 5.16 Å². The van der Waals surface area contributed by atoms with Crippen molar-refractivity contribution in [3.05, 3.63) is 60.7 Å². The molecular formula is C30H34N6O3. The van der Waals surface area contributed by atoms with Crippen LogP contribution in [0.25, 0.3) is 32.9 Å². The van der Waals surface area contributed by atoms with Gasteiger partial charge in [-0.25, -0.2) is 0 Å². The minimum absolute atomic E-state index is 0.267. The maximum Gasteiger partial charge on any atom is 0.131 e. The molecule has 0 amide bonds. The monoisotopic (exact) mass is 526 g/mol. The summed E-state index contributed by atoms with van der Waals surface area (Å²) in [5.41, 5.74) is 6.57. The topological polar surface area (TPSA) is 104 Å². The zero-order valence-electron chi connectivity index (χ0n) is 22.0. The molecule has 3 N–H and O–H groups in total. The molecule has 3 aromatic heterocycles. The molecule has 9 nitrogen and oxygen atoms in total. The first-order chi connectivity index (χ1) is 19.3. The van der Waals surface area contributed by atoms with Gasteiger partial charge in [0.2, 0.25) is 0 Å². The number of H-pyrrole nitrogens is 2. The molecule has 1 saturated heterocycles. The molecule has 0 unspecified atom stereocenters. The Labute approximate surface area is 226 Å². The summed E-state index contributed by atoms with van der Waals surface area (Å²) in [5.74, 6) is 0.982. The number of anilines is 1. The highest BCUT2D eigenvalue weighted by Crippen LogP contribution is 2.35. The van der Waals surface area contributed by atoms with Crippen LogP contribution in [0, 0.1) is 0 Å². The number of hydrogen-bond acceptors (Lipinski definition) is 7. The molecule has 1 saturated carbocycles. The van der Waals surface area contributed by atoms with Gasteiger partial charge in [-0.05, 0) is 80.6 Å². The first kappa shape index (κ1) is 24.2. The SMILES string of the molecule is c1cc2[nH]c(CNCCCCOC3CN(c4cc(-c5cnoc5)cc5[nH]ncc45)C3)cc2cc1OC1CCC1. The summed E-state index contributed by atoms with van der Waals surface area (Å²) in [6.45, 7) is 4.37. The maximum atomic E-state index is 6.15. The third-order valence-corrected chi connectivity index (χ3v) is 7.91. The van der Waals surface area contributed by atoms with E-state index in [0.717, 1.165) is 78.9 Å². The summed E-state index contributed by atoms with van der Waals surface area (Å²) < 4.78 is 17.2. The number of benzene rings is 2. The number of hydrogen-bond donors (Lipinski definition) is 3. The molecular weight excluding hydrogens is 492 g/mol. The van der Waals surface area contributed by atoms with E-state index >= 15 is 0 Å². The van der Waals surface area contributed by atoms with Crippen LogP contribution in [-0.4, -0.2) is 58.8 Å². The second kappa shape index (κ2) is 10.7. The van der Waals surface area contributed by atoms with E-state index in [0.29, 0.717) is 6.10 Å². The third-order valence-electron chi connectivity index (χ3n) is 7.91. The normalized spacial score (nSPS) is 16.2. The number of unbranched alkanes of at least 4 members (excludes halogenated alkanes) is 1. The van der Waals surface area contributed by atoms with Crippen molar-refractivity contribution in [2.45, 2.75) is 50.9 Å². The summed E-state index contributed by atoms with van der Waals surface area (Å²) in [6, 6.07) is 12.8. The van der Waals surface area contributed by atoms with Gasteiger partial charge in [-0.3, -0.25) is 5.10 Å². The van der Waals surface area contributed by atoms with Crippen LogP contribution in [0.5, 0.6) is 5.75 Å².